The third-order valence-electron chi connectivity index (χ3n) is 4.76. The van der Waals surface area contributed by atoms with Crippen LogP contribution in [-0.2, 0) is 17.8 Å². The molecule has 3 aromatic rings. The molecule has 3 rings (SSSR count). The van der Waals surface area contributed by atoms with Gasteiger partial charge in [0.1, 0.15) is 6.61 Å². The Morgan fingerprint density at radius 1 is 1.03 bits per heavy atom. The van der Waals surface area contributed by atoms with Crippen LogP contribution in [0.5, 0.6) is 11.5 Å². The maximum Gasteiger partial charge on any atom is 0.244 e. The summed E-state index contributed by atoms with van der Waals surface area (Å²) in [6.45, 7) is 4.58. The van der Waals surface area contributed by atoms with Gasteiger partial charge in [0, 0.05) is 5.02 Å². The van der Waals surface area contributed by atoms with Crippen molar-refractivity contribution >= 4 is 23.7 Å². The molecule has 160 valence electrons. The highest BCUT2D eigenvalue weighted by atomic mass is 35.5. The van der Waals surface area contributed by atoms with Crippen LogP contribution in [0.1, 0.15) is 27.8 Å². The summed E-state index contributed by atoms with van der Waals surface area (Å²) in [6.07, 6.45) is 1.79. The Morgan fingerprint density at radius 3 is 2.55 bits per heavy atom. The van der Waals surface area contributed by atoms with Crippen molar-refractivity contribution in [3.05, 3.63) is 93.5 Å². The molecule has 5 nitrogen and oxygen atoms in total. The van der Waals surface area contributed by atoms with E-state index in [9.17, 15) is 4.79 Å². The number of rotatable bonds is 8. The fraction of sp³-hybridized carbons (Fsp3) is 0.200. The molecule has 0 heterocycles. The van der Waals surface area contributed by atoms with E-state index >= 15 is 0 Å². The number of hydrazone groups is 1. The molecule has 0 fully saturated rings. The van der Waals surface area contributed by atoms with Crippen LogP contribution >= 0.6 is 11.6 Å². The van der Waals surface area contributed by atoms with Gasteiger partial charge in [0.05, 0.1) is 19.7 Å². The third-order valence-corrected chi connectivity index (χ3v) is 5.01. The lowest BCUT2D eigenvalue weighted by molar-refractivity contribution is -0.120. The smallest absolute Gasteiger partial charge is 0.244 e. The molecule has 0 aromatic heterocycles. The average molecular weight is 437 g/mol. The molecule has 0 radical (unpaired) electrons. The highest BCUT2D eigenvalue weighted by Gasteiger charge is 2.07. The van der Waals surface area contributed by atoms with Crippen molar-refractivity contribution in [2.24, 2.45) is 5.10 Å². The molecule has 3 aromatic carbocycles. The van der Waals surface area contributed by atoms with Gasteiger partial charge >= 0.3 is 0 Å². The summed E-state index contributed by atoms with van der Waals surface area (Å²) in [4.78, 5) is 12.0. The van der Waals surface area contributed by atoms with Crippen LogP contribution in [0.4, 0.5) is 0 Å². The molecular formula is C25H25ClN2O3. The van der Waals surface area contributed by atoms with E-state index in [-0.39, 0.29) is 12.3 Å². The van der Waals surface area contributed by atoms with Gasteiger partial charge in [-0.15, -0.1) is 0 Å². The summed E-state index contributed by atoms with van der Waals surface area (Å²) >= 11 is 5.86. The minimum atomic E-state index is -0.209. The van der Waals surface area contributed by atoms with E-state index in [1.165, 1.54) is 11.1 Å². The van der Waals surface area contributed by atoms with Gasteiger partial charge in [-0.2, -0.15) is 5.10 Å². The number of hydrogen-bond donors (Lipinski definition) is 1. The first kappa shape index (κ1) is 22.4. The highest BCUT2D eigenvalue weighted by Crippen LogP contribution is 2.28. The Labute approximate surface area is 187 Å². The molecule has 0 aliphatic rings. The van der Waals surface area contributed by atoms with E-state index < -0.39 is 0 Å². The van der Waals surface area contributed by atoms with Crippen LogP contribution < -0.4 is 14.9 Å². The minimum Gasteiger partial charge on any atom is -0.493 e. The number of hydrogen-bond acceptors (Lipinski definition) is 4. The van der Waals surface area contributed by atoms with Crippen molar-refractivity contribution in [1.29, 1.82) is 0 Å². The van der Waals surface area contributed by atoms with E-state index in [0.717, 1.165) is 16.7 Å². The maximum atomic E-state index is 12.0. The van der Waals surface area contributed by atoms with Crippen LogP contribution in [-0.4, -0.2) is 19.2 Å². The zero-order valence-electron chi connectivity index (χ0n) is 17.8. The van der Waals surface area contributed by atoms with E-state index in [4.69, 9.17) is 21.1 Å². The standard InChI is InChI=1S/C25H25ClN2O3/c1-17-4-5-18(2)21(12-17)16-31-23-11-8-20(13-24(23)30-3)15-27-28-25(29)14-19-6-9-22(26)10-7-19/h4-13,15H,14,16H2,1-3H3,(H,28,29)/b27-15-. The van der Waals surface area contributed by atoms with Crippen molar-refractivity contribution < 1.29 is 14.3 Å². The SMILES string of the molecule is COc1cc(/C=N\NC(=O)Cc2ccc(Cl)cc2)ccc1OCc1cc(C)ccc1C. The van der Waals surface area contributed by atoms with Gasteiger partial charge in [0.15, 0.2) is 11.5 Å². The summed E-state index contributed by atoms with van der Waals surface area (Å²) < 4.78 is 11.4. The number of benzene rings is 3. The van der Waals surface area contributed by atoms with Crippen molar-refractivity contribution in [1.82, 2.24) is 5.43 Å². The molecule has 1 amide bonds. The van der Waals surface area contributed by atoms with Crippen LogP contribution in [0.25, 0.3) is 0 Å². The fourth-order valence-corrected chi connectivity index (χ4v) is 3.13. The molecular weight excluding hydrogens is 412 g/mol. The number of nitrogens with one attached hydrogen (secondary N) is 1. The number of ether oxygens (including phenoxy) is 2. The van der Waals surface area contributed by atoms with Crippen LogP contribution in [0.2, 0.25) is 5.02 Å². The molecule has 6 heteroatoms. The number of carbonyl (C=O) groups is 1. The van der Waals surface area contributed by atoms with Gasteiger partial charge in [0.2, 0.25) is 5.91 Å². The van der Waals surface area contributed by atoms with Gasteiger partial charge in [-0.25, -0.2) is 5.43 Å². The first-order valence-corrected chi connectivity index (χ1v) is 10.3. The number of amides is 1. The van der Waals surface area contributed by atoms with Crippen molar-refractivity contribution in [2.75, 3.05) is 7.11 Å². The van der Waals surface area contributed by atoms with Crippen LogP contribution in [0, 0.1) is 13.8 Å². The molecule has 0 aliphatic carbocycles. The second-order valence-corrected chi connectivity index (χ2v) is 7.66. The lowest BCUT2D eigenvalue weighted by atomic mass is 10.1. The lowest BCUT2D eigenvalue weighted by Gasteiger charge is -2.13. The normalized spacial score (nSPS) is 10.8. The molecule has 0 aliphatic heterocycles. The molecule has 0 saturated heterocycles. The number of nitrogens with zero attached hydrogens (tertiary/aromatic N) is 1. The van der Waals surface area contributed by atoms with E-state index in [2.05, 4.69) is 42.6 Å². The molecule has 1 N–H and O–H groups in total. The zero-order valence-corrected chi connectivity index (χ0v) is 18.6. The summed E-state index contributed by atoms with van der Waals surface area (Å²) in [6, 6.07) is 18.9. The van der Waals surface area contributed by atoms with Crippen LogP contribution in [0.15, 0.2) is 65.8 Å². The number of methoxy groups -OCH3 is 1. The summed E-state index contributed by atoms with van der Waals surface area (Å²) in [5, 5.41) is 4.66. The fourth-order valence-electron chi connectivity index (χ4n) is 3.00. The molecule has 0 spiro atoms. The Balaban J connectivity index is 1.59. The van der Waals surface area contributed by atoms with Crippen molar-refractivity contribution in [2.45, 2.75) is 26.9 Å². The zero-order chi connectivity index (χ0) is 22.2. The summed E-state index contributed by atoms with van der Waals surface area (Å²) in [7, 11) is 1.59. The average Bonchev–Trinajstić information content (AvgIpc) is 2.76. The third kappa shape index (κ3) is 6.59. The lowest BCUT2D eigenvalue weighted by Crippen LogP contribution is -2.19. The van der Waals surface area contributed by atoms with Gasteiger partial charge in [-0.05, 0) is 66.4 Å². The minimum absolute atomic E-state index is 0.209. The summed E-state index contributed by atoms with van der Waals surface area (Å²) in [5.41, 5.74) is 7.69. The van der Waals surface area contributed by atoms with E-state index in [1.54, 1.807) is 25.5 Å². The second-order valence-electron chi connectivity index (χ2n) is 7.23. The summed E-state index contributed by atoms with van der Waals surface area (Å²) in [5.74, 6) is 1.04. The Kier molecular flexibility index (Phi) is 7.68. The molecule has 0 atom stereocenters. The Morgan fingerprint density at radius 2 is 1.81 bits per heavy atom. The number of halogens is 1. The monoisotopic (exact) mass is 436 g/mol. The maximum absolute atomic E-state index is 12.0. The molecule has 0 unspecified atom stereocenters. The predicted molar refractivity (Wildman–Crippen MR) is 124 cm³/mol. The predicted octanol–water partition coefficient (Wildman–Crippen LogP) is 5.24. The topological polar surface area (TPSA) is 59.9 Å². The highest BCUT2D eigenvalue weighted by molar-refractivity contribution is 6.30. The van der Waals surface area contributed by atoms with Gasteiger partial charge in [0.25, 0.3) is 0 Å². The van der Waals surface area contributed by atoms with E-state index in [0.29, 0.717) is 23.1 Å². The quantitative estimate of drug-likeness (QED) is 0.388. The largest absolute Gasteiger partial charge is 0.493 e. The van der Waals surface area contributed by atoms with Crippen LogP contribution in [0.3, 0.4) is 0 Å². The van der Waals surface area contributed by atoms with Crippen molar-refractivity contribution in [3.8, 4) is 11.5 Å². The first-order valence-electron chi connectivity index (χ1n) is 9.88. The molecule has 31 heavy (non-hydrogen) atoms. The first-order chi connectivity index (χ1) is 14.9. The second kappa shape index (κ2) is 10.6. The van der Waals surface area contributed by atoms with Gasteiger partial charge < -0.3 is 9.47 Å². The number of carbonyl (C=O) groups excluding carboxylic acids is 1. The molecule has 0 saturated carbocycles. The van der Waals surface area contributed by atoms with Gasteiger partial charge in [-0.1, -0.05) is 47.5 Å². The number of aryl methyl sites for hydroxylation is 2. The van der Waals surface area contributed by atoms with Crippen molar-refractivity contribution in [3.63, 3.8) is 0 Å². The van der Waals surface area contributed by atoms with Gasteiger partial charge in [-0.3, -0.25) is 4.79 Å². The van der Waals surface area contributed by atoms with E-state index in [1.807, 2.05) is 30.3 Å². The molecule has 0 bridgehead atoms. The Bertz CT molecular complexity index is 1080. The Hall–Kier alpha value is -3.31.